The molecule has 0 spiro atoms. The van der Waals surface area contributed by atoms with Gasteiger partial charge in [0.25, 0.3) is 0 Å². The summed E-state index contributed by atoms with van der Waals surface area (Å²) < 4.78 is 2.61. The van der Waals surface area contributed by atoms with E-state index in [9.17, 15) is 9.59 Å². The predicted octanol–water partition coefficient (Wildman–Crippen LogP) is 5.25. The van der Waals surface area contributed by atoms with Crippen molar-refractivity contribution >= 4 is 62.8 Å². The number of hydrogen-bond acceptors (Lipinski definition) is 3. The van der Waals surface area contributed by atoms with Crippen molar-refractivity contribution < 1.29 is 9.59 Å². The molecule has 0 unspecified atom stereocenters. The van der Waals surface area contributed by atoms with E-state index in [1.165, 1.54) is 6.21 Å². The van der Waals surface area contributed by atoms with Gasteiger partial charge in [-0.2, -0.15) is 5.10 Å². The van der Waals surface area contributed by atoms with Gasteiger partial charge in [0.05, 0.1) is 22.6 Å². The summed E-state index contributed by atoms with van der Waals surface area (Å²) in [6, 6.07) is 14.1. The summed E-state index contributed by atoms with van der Waals surface area (Å²) in [5.74, 6) is -1.70. The Kier molecular flexibility index (Phi) is 6.97. The zero-order valence-corrected chi connectivity index (χ0v) is 19.1. The lowest BCUT2D eigenvalue weighted by atomic mass is 10.2. The van der Waals surface area contributed by atoms with Gasteiger partial charge < -0.3 is 9.88 Å². The smallest absolute Gasteiger partial charge is 0.317 e. The van der Waals surface area contributed by atoms with E-state index in [2.05, 4.69) is 31.8 Å². The van der Waals surface area contributed by atoms with Gasteiger partial charge in [-0.3, -0.25) is 9.59 Å². The number of hydrazone groups is 1. The number of nitrogens with one attached hydrogen (secondary N) is 2. The number of hydrogen-bond donors (Lipinski definition) is 2. The van der Waals surface area contributed by atoms with Crippen LogP contribution in [0.25, 0.3) is 5.69 Å². The van der Waals surface area contributed by atoms with E-state index in [1.54, 1.807) is 42.5 Å². The molecule has 0 bridgehead atoms. The standard InChI is InChI=1S/C21H17BrCl2N4O2/c1-12-9-14(13(2)28(12)19-10-15(23)7-8-17(19)24)11-25-27-21(30)20(29)26-18-6-4-3-5-16(18)22/h3-11H,1-2H3,(H,26,29)(H,27,30)/b25-11-. The van der Waals surface area contributed by atoms with Crippen LogP contribution in [0.2, 0.25) is 10.0 Å². The number of nitrogens with zero attached hydrogens (tertiary/aromatic N) is 2. The Labute approximate surface area is 192 Å². The average molecular weight is 508 g/mol. The van der Waals surface area contributed by atoms with E-state index in [-0.39, 0.29) is 0 Å². The minimum absolute atomic E-state index is 0.489. The van der Waals surface area contributed by atoms with Crippen LogP contribution in [0.4, 0.5) is 5.69 Å². The van der Waals surface area contributed by atoms with Crippen molar-refractivity contribution in [2.75, 3.05) is 5.32 Å². The van der Waals surface area contributed by atoms with E-state index < -0.39 is 11.8 Å². The SMILES string of the molecule is Cc1cc(/C=N\NC(=O)C(=O)Nc2ccccc2Br)c(C)n1-c1cc(Cl)ccc1Cl. The second-order valence-corrected chi connectivity index (χ2v) is 8.09. The molecule has 1 heterocycles. The summed E-state index contributed by atoms with van der Waals surface area (Å²) in [6.45, 7) is 3.82. The first-order valence-corrected chi connectivity index (χ1v) is 10.4. The number of aryl methyl sites for hydroxylation is 1. The first kappa shape index (κ1) is 22.1. The molecule has 0 atom stereocenters. The summed E-state index contributed by atoms with van der Waals surface area (Å²) in [5.41, 5.74) is 6.00. The van der Waals surface area contributed by atoms with E-state index in [1.807, 2.05) is 24.5 Å². The third-order valence-corrected chi connectivity index (χ3v) is 5.56. The highest BCUT2D eigenvalue weighted by Gasteiger charge is 2.15. The molecule has 30 heavy (non-hydrogen) atoms. The Bertz CT molecular complexity index is 1160. The molecule has 0 aliphatic carbocycles. The number of anilines is 1. The molecule has 3 aromatic rings. The third-order valence-electron chi connectivity index (χ3n) is 4.32. The lowest BCUT2D eigenvalue weighted by molar-refractivity contribution is -0.136. The second kappa shape index (κ2) is 9.47. The first-order valence-electron chi connectivity index (χ1n) is 8.81. The Morgan fingerprint density at radius 1 is 1.07 bits per heavy atom. The molecule has 1 aromatic heterocycles. The number of benzene rings is 2. The quantitative estimate of drug-likeness (QED) is 0.287. The van der Waals surface area contributed by atoms with Gasteiger partial charge in [-0.25, -0.2) is 5.43 Å². The fraction of sp³-hybridized carbons (Fsp3) is 0.0952. The Morgan fingerprint density at radius 3 is 2.53 bits per heavy atom. The number of rotatable bonds is 4. The van der Waals surface area contributed by atoms with Crippen molar-refractivity contribution in [2.45, 2.75) is 13.8 Å². The highest BCUT2D eigenvalue weighted by Crippen LogP contribution is 2.28. The Hall–Kier alpha value is -2.61. The third kappa shape index (κ3) is 4.92. The molecular formula is C21H17BrCl2N4O2. The summed E-state index contributed by atoms with van der Waals surface area (Å²) in [6.07, 6.45) is 1.47. The summed E-state index contributed by atoms with van der Waals surface area (Å²) in [7, 11) is 0. The monoisotopic (exact) mass is 506 g/mol. The molecule has 0 aliphatic rings. The molecule has 3 rings (SSSR count). The number of amides is 2. The minimum Gasteiger partial charge on any atom is -0.317 e. The van der Waals surface area contributed by atoms with Crippen molar-refractivity contribution in [3.63, 3.8) is 0 Å². The molecule has 0 aliphatic heterocycles. The van der Waals surface area contributed by atoms with Crippen LogP contribution in [-0.2, 0) is 9.59 Å². The van der Waals surface area contributed by atoms with Gasteiger partial charge >= 0.3 is 11.8 Å². The largest absolute Gasteiger partial charge is 0.329 e. The zero-order valence-electron chi connectivity index (χ0n) is 16.0. The molecule has 2 N–H and O–H groups in total. The number of para-hydroxylation sites is 1. The van der Waals surface area contributed by atoms with Gasteiger partial charge in [0.15, 0.2) is 0 Å². The van der Waals surface area contributed by atoms with Crippen molar-refractivity contribution in [1.29, 1.82) is 0 Å². The molecule has 0 fully saturated rings. The summed E-state index contributed by atoms with van der Waals surface area (Å²) >= 11 is 15.7. The first-order chi connectivity index (χ1) is 14.3. The van der Waals surface area contributed by atoms with Crippen LogP contribution < -0.4 is 10.7 Å². The van der Waals surface area contributed by atoms with Crippen LogP contribution >= 0.6 is 39.1 Å². The van der Waals surface area contributed by atoms with Crippen LogP contribution in [0.3, 0.4) is 0 Å². The van der Waals surface area contributed by atoms with Crippen LogP contribution in [-0.4, -0.2) is 22.6 Å². The van der Waals surface area contributed by atoms with Crippen molar-refractivity contribution in [1.82, 2.24) is 9.99 Å². The van der Waals surface area contributed by atoms with E-state index in [0.29, 0.717) is 20.2 Å². The fourth-order valence-corrected chi connectivity index (χ4v) is 3.65. The molecule has 0 saturated heterocycles. The van der Waals surface area contributed by atoms with Gasteiger partial charge in [0, 0.05) is 26.4 Å². The molecule has 2 aromatic carbocycles. The average Bonchev–Trinajstić information content (AvgIpc) is 2.98. The highest BCUT2D eigenvalue weighted by molar-refractivity contribution is 9.10. The van der Waals surface area contributed by atoms with E-state index >= 15 is 0 Å². The molecule has 2 amide bonds. The van der Waals surface area contributed by atoms with Gasteiger partial charge in [-0.1, -0.05) is 35.3 Å². The Balaban J connectivity index is 1.72. The number of halogens is 3. The Morgan fingerprint density at radius 2 is 1.80 bits per heavy atom. The lowest BCUT2D eigenvalue weighted by Gasteiger charge is -2.12. The van der Waals surface area contributed by atoms with Crippen LogP contribution in [0.5, 0.6) is 0 Å². The number of carbonyl (C=O) groups is 2. The fourth-order valence-electron chi connectivity index (χ4n) is 2.90. The van der Waals surface area contributed by atoms with Gasteiger partial charge in [-0.15, -0.1) is 0 Å². The van der Waals surface area contributed by atoms with Gasteiger partial charge in [0.1, 0.15) is 0 Å². The second-order valence-electron chi connectivity index (χ2n) is 6.39. The minimum atomic E-state index is -0.881. The van der Waals surface area contributed by atoms with Crippen molar-refractivity contribution in [3.05, 3.63) is 80.0 Å². The molecule has 154 valence electrons. The number of carbonyl (C=O) groups excluding carboxylic acids is 2. The highest BCUT2D eigenvalue weighted by atomic mass is 79.9. The van der Waals surface area contributed by atoms with Crippen LogP contribution in [0.1, 0.15) is 17.0 Å². The van der Waals surface area contributed by atoms with Crippen molar-refractivity contribution in [3.8, 4) is 5.69 Å². The zero-order chi connectivity index (χ0) is 21.8. The van der Waals surface area contributed by atoms with Crippen LogP contribution in [0, 0.1) is 13.8 Å². The lowest BCUT2D eigenvalue weighted by Crippen LogP contribution is -2.32. The number of aromatic nitrogens is 1. The van der Waals surface area contributed by atoms with Crippen LogP contribution in [0.15, 0.2) is 58.1 Å². The molecule has 0 radical (unpaired) electrons. The maximum absolute atomic E-state index is 12.0. The maximum atomic E-state index is 12.0. The topological polar surface area (TPSA) is 75.5 Å². The molecule has 9 heteroatoms. The van der Waals surface area contributed by atoms with Gasteiger partial charge in [-0.05, 0) is 66.2 Å². The van der Waals surface area contributed by atoms with Gasteiger partial charge in [0.2, 0.25) is 0 Å². The summed E-state index contributed by atoms with van der Waals surface area (Å²) in [5, 5.41) is 7.55. The molecular weight excluding hydrogens is 491 g/mol. The molecule has 0 saturated carbocycles. The van der Waals surface area contributed by atoms with Crippen molar-refractivity contribution in [2.24, 2.45) is 5.10 Å². The summed E-state index contributed by atoms with van der Waals surface area (Å²) in [4.78, 5) is 24.1. The van der Waals surface area contributed by atoms with E-state index in [0.717, 1.165) is 22.6 Å². The predicted molar refractivity (Wildman–Crippen MR) is 124 cm³/mol. The van der Waals surface area contributed by atoms with E-state index in [4.69, 9.17) is 23.2 Å². The maximum Gasteiger partial charge on any atom is 0.329 e. The molecule has 6 nitrogen and oxygen atoms in total. The normalized spacial score (nSPS) is 11.0.